The average Bonchev–Trinajstić information content (AvgIpc) is 2.27. The van der Waals surface area contributed by atoms with E-state index >= 15 is 0 Å². The minimum atomic E-state index is 0.446. The van der Waals surface area contributed by atoms with Gasteiger partial charge in [-0.25, -0.2) is 0 Å². The van der Waals surface area contributed by atoms with E-state index in [-0.39, 0.29) is 0 Å². The zero-order valence-electron chi connectivity index (χ0n) is 9.61. The molecular formula is C12H16N2O. The maximum Gasteiger partial charge on any atom is 0.184 e. The Hall–Kier alpha value is -1.69. The van der Waals surface area contributed by atoms with Crippen molar-refractivity contribution in [2.75, 3.05) is 19.1 Å². The summed E-state index contributed by atoms with van der Waals surface area (Å²) in [6, 6.07) is 5.92. The predicted molar refractivity (Wildman–Crippen MR) is 61.1 cm³/mol. The first kappa shape index (κ1) is 11.4. The molecule has 80 valence electrons. The van der Waals surface area contributed by atoms with Crippen molar-refractivity contribution >= 4 is 5.69 Å². The van der Waals surface area contributed by atoms with Crippen molar-refractivity contribution in [1.29, 1.82) is 5.26 Å². The summed E-state index contributed by atoms with van der Waals surface area (Å²) in [6.45, 7) is 4.25. The summed E-state index contributed by atoms with van der Waals surface area (Å²) in [4.78, 5) is 1.50. The van der Waals surface area contributed by atoms with E-state index in [2.05, 4.69) is 20.0 Å². The molecule has 0 aliphatic rings. The number of nitriles is 1. The third kappa shape index (κ3) is 2.41. The van der Waals surface area contributed by atoms with E-state index in [0.29, 0.717) is 5.92 Å². The van der Waals surface area contributed by atoms with Crippen molar-refractivity contribution in [2.45, 2.75) is 19.8 Å². The van der Waals surface area contributed by atoms with Crippen molar-refractivity contribution in [1.82, 2.24) is 0 Å². The highest BCUT2D eigenvalue weighted by atomic mass is 16.5. The van der Waals surface area contributed by atoms with E-state index < -0.39 is 0 Å². The lowest BCUT2D eigenvalue weighted by Gasteiger charge is -2.16. The number of hydrogen-bond donors (Lipinski definition) is 0. The highest BCUT2D eigenvalue weighted by molar-refractivity contribution is 5.62. The second kappa shape index (κ2) is 4.70. The lowest BCUT2D eigenvalue weighted by atomic mass is 10.0. The molecule has 0 atom stereocenters. The third-order valence-corrected chi connectivity index (χ3v) is 2.38. The van der Waals surface area contributed by atoms with E-state index in [0.717, 1.165) is 11.4 Å². The highest BCUT2D eigenvalue weighted by Crippen LogP contribution is 2.30. The first-order valence-corrected chi connectivity index (χ1v) is 4.91. The number of rotatable bonds is 3. The normalized spacial score (nSPS) is 9.87. The molecule has 0 heterocycles. The van der Waals surface area contributed by atoms with Crippen molar-refractivity contribution in [3.63, 3.8) is 0 Å². The molecule has 15 heavy (non-hydrogen) atoms. The van der Waals surface area contributed by atoms with Crippen LogP contribution in [0.15, 0.2) is 18.2 Å². The summed E-state index contributed by atoms with van der Waals surface area (Å²) in [6.07, 6.45) is 2.08. The van der Waals surface area contributed by atoms with Gasteiger partial charge in [-0.3, -0.25) is 4.90 Å². The number of nitrogens with zero attached hydrogens (tertiary/aromatic N) is 2. The van der Waals surface area contributed by atoms with E-state index in [1.807, 2.05) is 18.2 Å². The molecular weight excluding hydrogens is 188 g/mol. The minimum absolute atomic E-state index is 0.446. The van der Waals surface area contributed by atoms with Gasteiger partial charge >= 0.3 is 0 Å². The third-order valence-electron chi connectivity index (χ3n) is 2.38. The van der Waals surface area contributed by atoms with Gasteiger partial charge in [0.05, 0.1) is 12.8 Å². The van der Waals surface area contributed by atoms with Gasteiger partial charge in [-0.1, -0.05) is 19.9 Å². The Morgan fingerprint density at radius 2 is 2.07 bits per heavy atom. The van der Waals surface area contributed by atoms with Gasteiger partial charge in [-0.05, 0) is 23.6 Å². The van der Waals surface area contributed by atoms with Crippen LogP contribution in [0.4, 0.5) is 5.69 Å². The van der Waals surface area contributed by atoms with E-state index in [1.54, 1.807) is 14.2 Å². The van der Waals surface area contributed by atoms with Gasteiger partial charge in [0.15, 0.2) is 6.19 Å². The molecule has 0 saturated carbocycles. The molecule has 0 aliphatic carbocycles. The van der Waals surface area contributed by atoms with Crippen LogP contribution >= 0.6 is 0 Å². The summed E-state index contributed by atoms with van der Waals surface area (Å²) >= 11 is 0. The average molecular weight is 204 g/mol. The number of anilines is 1. The van der Waals surface area contributed by atoms with Crippen LogP contribution in [0.5, 0.6) is 5.75 Å². The Morgan fingerprint density at radius 3 is 2.53 bits per heavy atom. The van der Waals surface area contributed by atoms with Crippen LogP contribution in [0.25, 0.3) is 0 Å². The SMILES string of the molecule is COc1ccc(C(C)C)cc1N(C)C#N. The fourth-order valence-electron chi connectivity index (χ4n) is 1.38. The van der Waals surface area contributed by atoms with Gasteiger partial charge in [0.25, 0.3) is 0 Å². The van der Waals surface area contributed by atoms with Crippen LogP contribution in [0.2, 0.25) is 0 Å². The maximum atomic E-state index is 8.86. The van der Waals surface area contributed by atoms with Crippen LogP contribution in [-0.4, -0.2) is 14.2 Å². The minimum Gasteiger partial charge on any atom is -0.495 e. The van der Waals surface area contributed by atoms with Gasteiger partial charge in [0.2, 0.25) is 0 Å². The molecule has 0 saturated heterocycles. The zero-order chi connectivity index (χ0) is 11.4. The highest BCUT2D eigenvalue weighted by Gasteiger charge is 2.10. The summed E-state index contributed by atoms with van der Waals surface area (Å²) in [5, 5.41) is 8.86. The van der Waals surface area contributed by atoms with Crippen molar-refractivity contribution in [3.8, 4) is 11.9 Å². The Labute approximate surface area is 90.9 Å². The topological polar surface area (TPSA) is 36.3 Å². The molecule has 0 bridgehead atoms. The summed E-state index contributed by atoms with van der Waals surface area (Å²) in [5.74, 6) is 1.17. The van der Waals surface area contributed by atoms with Crippen LogP contribution in [0.3, 0.4) is 0 Å². The van der Waals surface area contributed by atoms with E-state index in [4.69, 9.17) is 10.00 Å². The second-order valence-electron chi connectivity index (χ2n) is 3.75. The predicted octanol–water partition coefficient (Wildman–Crippen LogP) is 2.74. The van der Waals surface area contributed by atoms with E-state index in [1.165, 1.54) is 10.5 Å². The zero-order valence-corrected chi connectivity index (χ0v) is 9.61. The first-order valence-electron chi connectivity index (χ1n) is 4.91. The molecule has 1 rings (SSSR count). The van der Waals surface area contributed by atoms with Crippen LogP contribution in [-0.2, 0) is 0 Å². The molecule has 0 fully saturated rings. The number of hydrogen-bond acceptors (Lipinski definition) is 3. The fraction of sp³-hybridized carbons (Fsp3) is 0.417. The molecule has 0 amide bonds. The Kier molecular flexibility index (Phi) is 3.56. The summed E-state index contributed by atoms with van der Waals surface area (Å²) in [5.41, 5.74) is 2.01. The molecule has 0 radical (unpaired) electrons. The number of ether oxygens (including phenoxy) is 1. The Morgan fingerprint density at radius 1 is 1.40 bits per heavy atom. The quantitative estimate of drug-likeness (QED) is 0.561. The molecule has 0 spiro atoms. The molecule has 0 aromatic heterocycles. The van der Waals surface area contributed by atoms with Gasteiger partial charge < -0.3 is 4.74 Å². The smallest absolute Gasteiger partial charge is 0.184 e. The monoisotopic (exact) mass is 204 g/mol. The van der Waals surface area contributed by atoms with Crippen molar-refractivity contribution in [2.24, 2.45) is 0 Å². The van der Waals surface area contributed by atoms with E-state index in [9.17, 15) is 0 Å². The number of benzene rings is 1. The molecule has 0 N–H and O–H groups in total. The van der Waals surface area contributed by atoms with Crippen LogP contribution in [0.1, 0.15) is 25.3 Å². The van der Waals surface area contributed by atoms with Crippen LogP contribution < -0.4 is 9.64 Å². The molecule has 1 aromatic rings. The summed E-state index contributed by atoms with van der Waals surface area (Å²) in [7, 11) is 3.33. The van der Waals surface area contributed by atoms with Gasteiger partial charge in [0, 0.05) is 7.05 Å². The lowest BCUT2D eigenvalue weighted by Crippen LogP contribution is -2.10. The standard InChI is InChI=1S/C12H16N2O/c1-9(2)10-5-6-12(15-4)11(7-10)14(3)8-13/h5-7,9H,1-4H3. The Bertz CT molecular complexity index is 380. The van der Waals surface area contributed by atoms with Gasteiger partial charge in [-0.15, -0.1) is 0 Å². The molecule has 1 aromatic carbocycles. The molecule has 0 aliphatic heterocycles. The fourth-order valence-corrected chi connectivity index (χ4v) is 1.38. The molecule has 3 heteroatoms. The van der Waals surface area contributed by atoms with Crippen molar-refractivity contribution < 1.29 is 4.74 Å². The van der Waals surface area contributed by atoms with Crippen molar-refractivity contribution in [3.05, 3.63) is 23.8 Å². The maximum absolute atomic E-state index is 8.86. The number of methoxy groups -OCH3 is 1. The second-order valence-corrected chi connectivity index (χ2v) is 3.75. The first-order chi connectivity index (χ1) is 7.10. The lowest BCUT2D eigenvalue weighted by molar-refractivity contribution is 0.415. The van der Waals surface area contributed by atoms with Gasteiger partial charge in [-0.2, -0.15) is 5.26 Å². The largest absolute Gasteiger partial charge is 0.495 e. The van der Waals surface area contributed by atoms with Gasteiger partial charge in [0.1, 0.15) is 5.75 Å². The molecule has 0 unspecified atom stereocenters. The Balaban J connectivity index is 3.20. The summed E-state index contributed by atoms with van der Waals surface area (Å²) < 4.78 is 5.21. The molecule has 3 nitrogen and oxygen atoms in total. The van der Waals surface area contributed by atoms with Crippen LogP contribution in [0, 0.1) is 11.5 Å².